The molecule has 1 fully saturated rings. The van der Waals surface area contributed by atoms with Gasteiger partial charge in [-0.25, -0.2) is 0 Å². The van der Waals surface area contributed by atoms with Crippen LogP contribution in [0.25, 0.3) is 0 Å². The van der Waals surface area contributed by atoms with Crippen LogP contribution in [0.3, 0.4) is 0 Å². The smallest absolute Gasteiger partial charge is 0.251 e. The quantitative estimate of drug-likeness (QED) is 0.838. The maximum Gasteiger partial charge on any atom is 0.251 e. The molecule has 18 heavy (non-hydrogen) atoms. The first-order valence-corrected chi connectivity index (χ1v) is 6.67. The third-order valence-corrected chi connectivity index (χ3v) is 3.77. The van der Waals surface area contributed by atoms with Gasteiger partial charge in [0.05, 0.1) is 0 Å². The summed E-state index contributed by atoms with van der Waals surface area (Å²) >= 11 is 0. The third-order valence-electron chi connectivity index (χ3n) is 3.77. The van der Waals surface area contributed by atoms with E-state index in [1.165, 1.54) is 5.56 Å². The Morgan fingerprint density at radius 1 is 1.39 bits per heavy atom. The van der Waals surface area contributed by atoms with Crippen LogP contribution in [0, 0.1) is 19.8 Å². The summed E-state index contributed by atoms with van der Waals surface area (Å²) in [6.45, 7) is 8.16. The van der Waals surface area contributed by atoms with Crippen LogP contribution in [0.1, 0.15) is 34.8 Å². The normalized spacial score (nSPS) is 23.7. The standard InChI is InChI=1S/C15H22N2O/c1-10-4-5-13(12(3)8-10)15(18)17-14-9-16-7-6-11(14)2/h4-5,8,11,14,16H,6-7,9H2,1-3H3,(H,17,18)/t11-,14+/m1/s1. The Bertz CT molecular complexity index is 442. The molecular formula is C15H22N2O. The van der Waals surface area contributed by atoms with E-state index in [9.17, 15) is 4.79 Å². The monoisotopic (exact) mass is 246 g/mol. The molecule has 1 heterocycles. The molecule has 0 unspecified atom stereocenters. The first kappa shape index (κ1) is 13.1. The SMILES string of the molecule is Cc1ccc(C(=O)N[C@H]2CNCC[C@H]2C)c(C)c1. The number of benzene rings is 1. The van der Waals surface area contributed by atoms with Crippen molar-refractivity contribution in [3.63, 3.8) is 0 Å². The van der Waals surface area contributed by atoms with E-state index < -0.39 is 0 Å². The number of aryl methyl sites for hydroxylation is 2. The van der Waals surface area contributed by atoms with E-state index in [0.717, 1.165) is 30.6 Å². The third kappa shape index (κ3) is 2.91. The molecule has 98 valence electrons. The molecule has 0 aromatic heterocycles. The fraction of sp³-hybridized carbons (Fsp3) is 0.533. The molecule has 0 bridgehead atoms. The number of piperidine rings is 1. The molecular weight excluding hydrogens is 224 g/mol. The first-order valence-electron chi connectivity index (χ1n) is 6.67. The number of carbonyl (C=O) groups excluding carboxylic acids is 1. The van der Waals surface area contributed by atoms with Gasteiger partial charge in [-0.2, -0.15) is 0 Å². The number of carbonyl (C=O) groups is 1. The summed E-state index contributed by atoms with van der Waals surface area (Å²) in [5.41, 5.74) is 3.03. The van der Waals surface area contributed by atoms with Crippen LogP contribution in [-0.4, -0.2) is 25.0 Å². The summed E-state index contributed by atoms with van der Waals surface area (Å²) in [4.78, 5) is 12.3. The molecule has 2 atom stereocenters. The van der Waals surface area contributed by atoms with Crippen LogP contribution in [0.5, 0.6) is 0 Å². The zero-order valence-electron chi connectivity index (χ0n) is 11.4. The van der Waals surface area contributed by atoms with Crippen molar-refractivity contribution in [3.05, 3.63) is 34.9 Å². The van der Waals surface area contributed by atoms with Crippen LogP contribution in [-0.2, 0) is 0 Å². The van der Waals surface area contributed by atoms with Crippen molar-refractivity contribution in [2.45, 2.75) is 33.2 Å². The molecule has 1 aliphatic heterocycles. The highest BCUT2D eigenvalue weighted by molar-refractivity contribution is 5.95. The van der Waals surface area contributed by atoms with Gasteiger partial charge in [-0.05, 0) is 44.4 Å². The van der Waals surface area contributed by atoms with Crippen molar-refractivity contribution in [3.8, 4) is 0 Å². The van der Waals surface area contributed by atoms with Crippen LogP contribution >= 0.6 is 0 Å². The summed E-state index contributed by atoms with van der Waals surface area (Å²) in [6, 6.07) is 6.20. The summed E-state index contributed by atoms with van der Waals surface area (Å²) in [7, 11) is 0. The minimum absolute atomic E-state index is 0.0491. The van der Waals surface area contributed by atoms with Crippen LogP contribution in [0.4, 0.5) is 0 Å². The largest absolute Gasteiger partial charge is 0.348 e. The highest BCUT2D eigenvalue weighted by Gasteiger charge is 2.23. The molecule has 2 rings (SSSR count). The lowest BCUT2D eigenvalue weighted by Gasteiger charge is -2.30. The Morgan fingerprint density at radius 3 is 2.83 bits per heavy atom. The maximum atomic E-state index is 12.3. The van der Waals surface area contributed by atoms with Gasteiger partial charge in [0.25, 0.3) is 5.91 Å². The van der Waals surface area contributed by atoms with Crippen LogP contribution < -0.4 is 10.6 Å². The zero-order valence-corrected chi connectivity index (χ0v) is 11.4. The lowest BCUT2D eigenvalue weighted by atomic mass is 9.94. The van der Waals surface area contributed by atoms with Gasteiger partial charge in [0.15, 0.2) is 0 Å². The van der Waals surface area contributed by atoms with E-state index in [2.05, 4.69) is 23.6 Å². The van der Waals surface area contributed by atoms with E-state index in [0.29, 0.717) is 5.92 Å². The van der Waals surface area contributed by atoms with Gasteiger partial charge >= 0.3 is 0 Å². The number of hydrogen-bond acceptors (Lipinski definition) is 2. The molecule has 2 N–H and O–H groups in total. The van der Waals surface area contributed by atoms with E-state index in [1.807, 2.05) is 26.0 Å². The van der Waals surface area contributed by atoms with Crippen molar-refractivity contribution in [1.82, 2.24) is 10.6 Å². The molecule has 1 saturated heterocycles. The average Bonchev–Trinajstić information content (AvgIpc) is 2.32. The van der Waals surface area contributed by atoms with Gasteiger partial charge in [0.2, 0.25) is 0 Å². The summed E-state index contributed by atoms with van der Waals surface area (Å²) in [6.07, 6.45) is 1.12. The van der Waals surface area contributed by atoms with Crippen molar-refractivity contribution in [2.75, 3.05) is 13.1 Å². The first-order chi connectivity index (χ1) is 8.58. The fourth-order valence-corrected chi connectivity index (χ4v) is 2.50. The van der Waals surface area contributed by atoms with Crippen molar-refractivity contribution < 1.29 is 4.79 Å². The van der Waals surface area contributed by atoms with Crippen LogP contribution in [0.15, 0.2) is 18.2 Å². The average molecular weight is 246 g/mol. The summed E-state index contributed by atoms with van der Waals surface area (Å²) in [5, 5.41) is 6.47. The van der Waals surface area contributed by atoms with Gasteiger partial charge in [0, 0.05) is 18.2 Å². The van der Waals surface area contributed by atoms with Gasteiger partial charge in [-0.15, -0.1) is 0 Å². The minimum Gasteiger partial charge on any atom is -0.348 e. The lowest BCUT2D eigenvalue weighted by Crippen LogP contribution is -2.50. The van der Waals surface area contributed by atoms with Gasteiger partial charge in [-0.3, -0.25) is 4.79 Å². The van der Waals surface area contributed by atoms with E-state index in [-0.39, 0.29) is 11.9 Å². The molecule has 1 amide bonds. The Hall–Kier alpha value is -1.35. The number of hydrogen-bond donors (Lipinski definition) is 2. The molecule has 3 heteroatoms. The molecule has 0 saturated carbocycles. The predicted molar refractivity (Wildman–Crippen MR) is 73.8 cm³/mol. The Labute approximate surface area is 109 Å². The van der Waals surface area contributed by atoms with Crippen LogP contribution in [0.2, 0.25) is 0 Å². The number of rotatable bonds is 2. The predicted octanol–water partition coefficient (Wildman–Crippen LogP) is 2.03. The molecule has 0 aliphatic carbocycles. The number of amides is 1. The Morgan fingerprint density at radius 2 is 2.17 bits per heavy atom. The van der Waals surface area contributed by atoms with Crippen molar-refractivity contribution >= 4 is 5.91 Å². The maximum absolute atomic E-state index is 12.3. The second-order valence-corrected chi connectivity index (χ2v) is 5.37. The molecule has 0 radical (unpaired) electrons. The number of nitrogens with one attached hydrogen (secondary N) is 2. The molecule has 1 aromatic carbocycles. The Kier molecular flexibility index (Phi) is 4.02. The fourth-order valence-electron chi connectivity index (χ4n) is 2.50. The second-order valence-electron chi connectivity index (χ2n) is 5.37. The molecule has 1 aliphatic rings. The highest BCUT2D eigenvalue weighted by atomic mass is 16.1. The lowest BCUT2D eigenvalue weighted by molar-refractivity contribution is 0.0914. The van der Waals surface area contributed by atoms with Gasteiger partial charge < -0.3 is 10.6 Å². The highest BCUT2D eigenvalue weighted by Crippen LogP contribution is 2.14. The topological polar surface area (TPSA) is 41.1 Å². The molecule has 3 nitrogen and oxygen atoms in total. The minimum atomic E-state index is 0.0491. The van der Waals surface area contributed by atoms with E-state index in [1.54, 1.807) is 0 Å². The molecule has 1 aromatic rings. The van der Waals surface area contributed by atoms with Crippen molar-refractivity contribution in [1.29, 1.82) is 0 Å². The van der Waals surface area contributed by atoms with E-state index in [4.69, 9.17) is 0 Å². The summed E-state index contributed by atoms with van der Waals surface area (Å²) < 4.78 is 0. The van der Waals surface area contributed by atoms with E-state index >= 15 is 0 Å². The second kappa shape index (κ2) is 5.53. The Balaban J connectivity index is 2.07. The van der Waals surface area contributed by atoms with Gasteiger partial charge in [-0.1, -0.05) is 24.6 Å². The van der Waals surface area contributed by atoms with Gasteiger partial charge in [0.1, 0.15) is 0 Å². The zero-order chi connectivity index (χ0) is 13.1. The molecule has 0 spiro atoms. The van der Waals surface area contributed by atoms with Crippen molar-refractivity contribution in [2.24, 2.45) is 5.92 Å². The summed E-state index contributed by atoms with van der Waals surface area (Å²) in [5.74, 6) is 0.592.